The van der Waals surface area contributed by atoms with E-state index >= 15 is 0 Å². The van der Waals surface area contributed by atoms with E-state index in [0.717, 1.165) is 0 Å². The van der Waals surface area contributed by atoms with Gasteiger partial charge in [0.15, 0.2) is 0 Å². The van der Waals surface area contributed by atoms with Gasteiger partial charge in [-0.25, -0.2) is 4.79 Å². The molecule has 0 aromatic heterocycles. The number of nitrogens with zero attached hydrogens (tertiary/aromatic N) is 1. The fourth-order valence-electron chi connectivity index (χ4n) is 1.88. The molecule has 0 saturated heterocycles. The van der Waals surface area contributed by atoms with E-state index in [1.54, 1.807) is 23.1 Å². The molecule has 1 aromatic carbocycles. The minimum atomic E-state index is -0.208. The molecule has 0 aliphatic heterocycles. The Labute approximate surface area is 137 Å². The summed E-state index contributed by atoms with van der Waals surface area (Å²) >= 11 is 6.14. The van der Waals surface area contributed by atoms with Crippen LogP contribution < -0.4 is 10.6 Å². The summed E-state index contributed by atoms with van der Waals surface area (Å²) in [5, 5.41) is 5.91. The Balaban J connectivity index is 2.77. The first kappa shape index (κ1) is 18.3. The lowest BCUT2D eigenvalue weighted by Gasteiger charge is -2.19. The first-order valence-electron chi connectivity index (χ1n) is 7.52. The molecular formula is C16H24ClN3O2. The van der Waals surface area contributed by atoms with Crippen LogP contribution in [0.2, 0.25) is 5.02 Å². The molecule has 6 heteroatoms. The smallest absolute Gasteiger partial charge is 0.321 e. The third-order valence-corrected chi connectivity index (χ3v) is 3.50. The van der Waals surface area contributed by atoms with E-state index in [0.29, 0.717) is 41.8 Å². The predicted molar refractivity (Wildman–Crippen MR) is 90.6 cm³/mol. The molecule has 0 spiro atoms. The summed E-state index contributed by atoms with van der Waals surface area (Å²) in [6.07, 6.45) is 0. The Morgan fingerprint density at radius 3 is 2.36 bits per heavy atom. The fourth-order valence-corrected chi connectivity index (χ4v) is 2.15. The number of carbonyl (C=O) groups excluding carboxylic acids is 2. The molecule has 1 rings (SSSR count). The molecule has 0 heterocycles. The summed E-state index contributed by atoms with van der Waals surface area (Å²) in [7, 11) is 0. The van der Waals surface area contributed by atoms with Gasteiger partial charge < -0.3 is 15.5 Å². The topological polar surface area (TPSA) is 61.4 Å². The first-order valence-corrected chi connectivity index (χ1v) is 7.90. The summed E-state index contributed by atoms with van der Waals surface area (Å²) < 4.78 is 0. The third kappa shape index (κ3) is 5.22. The van der Waals surface area contributed by atoms with Crippen LogP contribution >= 0.6 is 11.6 Å². The maximum absolute atomic E-state index is 12.0. The highest BCUT2D eigenvalue weighted by Gasteiger charge is 2.13. The van der Waals surface area contributed by atoms with Crippen LogP contribution in [-0.4, -0.2) is 36.5 Å². The van der Waals surface area contributed by atoms with Crippen molar-refractivity contribution in [3.8, 4) is 0 Å². The lowest BCUT2D eigenvalue weighted by molar-refractivity contribution is 0.0949. The number of halogens is 1. The van der Waals surface area contributed by atoms with Gasteiger partial charge in [0.2, 0.25) is 0 Å². The molecule has 0 saturated carbocycles. The van der Waals surface area contributed by atoms with Crippen molar-refractivity contribution in [1.82, 2.24) is 10.2 Å². The van der Waals surface area contributed by atoms with Crippen LogP contribution in [0.3, 0.4) is 0 Å². The van der Waals surface area contributed by atoms with Crippen molar-refractivity contribution in [2.45, 2.75) is 27.7 Å². The number of hydrogen-bond acceptors (Lipinski definition) is 2. The van der Waals surface area contributed by atoms with Gasteiger partial charge in [0.05, 0.1) is 10.6 Å². The Kier molecular flexibility index (Phi) is 7.18. The standard InChI is InChI=1S/C16H24ClN3O2/c1-5-20(6-2)16(22)19-12-7-8-13(14(17)9-12)15(21)18-10-11(3)4/h7-9,11H,5-6,10H2,1-4H3,(H,18,21)(H,19,22). The summed E-state index contributed by atoms with van der Waals surface area (Å²) in [5.74, 6) is 0.163. The number of amides is 3. The molecule has 22 heavy (non-hydrogen) atoms. The number of nitrogens with one attached hydrogen (secondary N) is 2. The Hall–Kier alpha value is -1.75. The summed E-state index contributed by atoms with van der Waals surface area (Å²) in [4.78, 5) is 25.7. The van der Waals surface area contributed by atoms with Crippen LogP contribution in [0.5, 0.6) is 0 Å². The number of urea groups is 1. The number of anilines is 1. The van der Waals surface area contributed by atoms with E-state index < -0.39 is 0 Å². The Morgan fingerprint density at radius 1 is 1.23 bits per heavy atom. The van der Waals surface area contributed by atoms with Gasteiger partial charge in [-0.15, -0.1) is 0 Å². The zero-order chi connectivity index (χ0) is 16.7. The van der Waals surface area contributed by atoms with Gasteiger partial charge in [-0.1, -0.05) is 25.4 Å². The third-order valence-electron chi connectivity index (χ3n) is 3.19. The zero-order valence-corrected chi connectivity index (χ0v) is 14.3. The normalized spacial score (nSPS) is 10.5. The second-order valence-corrected chi connectivity index (χ2v) is 5.81. The summed E-state index contributed by atoms with van der Waals surface area (Å²) in [6.45, 7) is 9.73. The minimum Gasteiger partial charge on any atom is -0.352 e. The Morgan fingerprint density at radius 2 is 1.86 bits per heavy atom. The van der Waals surface area contributed by atoms with Crippen LogP contribution in [-0.2, 0) is 0 Å². The van der Waals surface area contributed by atoms with Gasteiger partial charge in [0.25, 0.3) is 5.91 Å². The van der Waals surface area contributed by atoms with Crippen molar-refractivity contribution in [3.05, 3.63) is 28.8 Å². The highest BCUT2D eigenvalue weighted by molar-refractivity contribution is 6.34. The van der Waals surface area contributed by atoms with E-state index in [9.17, 15) is 9.59 Å². The van der Waals surface area contributed by atoms with Crippen LogP contribution in [0, 0.1) is 5.92 Å². The molecule has 0 bridgehead atoms. The lowest BCUT2D eigenvalue weighted by Crippen LogP contribution is -2.34. The highest BCUT2D eigenvalue weighted by Crippen LogP contribution is 2.21. The van der Waals surface area contributed by atoms with E-state index in [4.69, 9.17) is 11.6 Å². The van der Waals surface area contributed by atoms with Crippen molar-refractivity contribution < 1.29 is 9.59 Å². The number of rotatable bonds is 6. The molecule has 0 aliphatic carbocycles. The molecule has 1 aromatic rings. The van der Waals surface area contributed by atoms with E-state index in [1.165, 1.54) is 0 Å². The molecule has 0 unspecified atom stereocenters. The second kappa shape index (κ2) is 8.63. The molecule has 0 aliphatic rings. The average molecular weight is 326 g/mol. The van der Waals surface area contributed by atoms with Gasteiger partial charge in [0, 0.05) is 25.3 Å². The van der Waals surface area contributed by atoms with Crippen LogP contribution in [0.4, 0.5) is 10.5 Å². The van der Waals surface area contributed by atoms with Crippen LogP contribution in [0.15, 0.2) is 18.2 Å². The number of benzene rings is 1. The number of carbonyl (C=O) groups is 2. The number of hydrogen-bond donors (Lipinski definition) is 2. The molecule has 2 N–H and O–H groups in total. The zero-order valence-electron chi connectivity index (χ0n) is 13.6. The van der Waals surface area contributed by atoms with Crippen LogP contribution in [0.1, 0.15) is 38.1 Å². The lowest BCUT2D eigenvalue weighted by atomic mass is 10.1. The van der Waals surface area contributed by atoms with Gasteiger partial charge in [0.1, 0.15) is 0 Å². The van der Waals surface area contributed by atoms with Gasteiger partial charge in [-0.2, -0.15) is 0 Å². The van der Waals surface area contributed by atoms with Crippen molar-refractivity contribution in [1.29, 1.82) is 0 Å². The molecular weight excluding hydrogens is 302 g/mol. The highest BCUT2D eigenvalue weighted by atomic mass is 35.5. The predicted octanol–water partition coefficient (Wildman–Crippen LogP) is 3.60. The fraction of sp³-hybridized carbons (Fsp3) is 0.500. The monoisotopic (exact) mass is 325 g/mol. The average Bonchev–Trinajstić information content (AvgIpc) is 2.46. The second-order valence-electron chi connectivity index (χ2n) is 5.40. The van der Waals surface area contributed by atoms with Crippen molar-refractivity contribution in [2.24, 2.45) is 5.92 Å². The van der Waals surface area contributed by atoms with Crippen molar-refractivity contribution in [2.75, 3.05) is 25.0 Å². The van der Waals surface area contributed by atoms with Crippen LogP contribution in [0.25, 0.3) is 0 Å². The Bertz CT molecular complexity index is 528. The molecule has 0 fully saturated rings. The first-order chi connectivity index (χ1) is 10.4. The molecule has 0 atom stereocenters. The van der Waals surface area contributed by atoms with Gasteiger partial charge in [-0.3, -0.25) is 4.79 Å². The van der Waals surface area contributed by atoms with Gasteiger partial charge >= 0.3 is 6.03 Å². The summed E-state index contributed by atoms with van der Waals surface area (Å²) in [5.41, 5.74) is 0.977. The molecule has 122 valence electrons. The van der Waals surface area contributed by atoms with Crippen molar-refractivity contribution in [3.63, 3.8) is 0 Å². The molecule has 0 radical (unpaired) electrons. The molecule has 5 nitrogen and oxygen atoms in total. The minimum absolute atomic E-state index is 0.182. The maximum atomic E-state index is 12.0. The van der Waals surface area contributed by atoms with E-state index in [1.807, 2.05) is 27.7 Å². The van der Waals surface area contributed by atoms with E-state index in [2.05, 4.69) is 10.6 Å². The summed E-state index contributed by atoms with van der Waals surface area (Å²) in [6, 6.07) is 4.71. The quantitative estimate of drug-likeness (QED) is 0.839. The van der Waals surface area contributed by atoms with Gasteiger partial charge in [-0.05, 0) is 38.0 Å². The molecule has 3 amide bonds. The van der Waals surface area contributed by atoms with E-state index in [-0.39, 0.29) is 11.9 Å². The maximum Gasteiger partial charge on any atom is 0.321 e. The van der Waals surface area contributed by atoms with Crippen molar-refractivity contribution >= 4 is 29.2 Å². The SMILES string of the molecule is CCN(CC)C(=O)Nc1ccc(C(=O)NCC(C)C)c(Cl)c1. The largest absolute Gasteiger partial charge is 0.352 e.